The molecule has 0 saturated carbocycles. The molecule has 4 rings (SSSR count). The van der Waals surface area contributed by atoms with Crippen LogP contribution in [0.25, 0.3) is 11.3 Å². The first kappa shape index (κ1) is 23.1. The number of anilines is 1. The lowest BCUT2D eigenvalue weighted by molar-refractivity contribution is -0.116. The number of ether oxygens (including phenoxy) is 1. The third-order valence-corrected chi connectivity index (χ3v) is 5.24. The lowest BCUT2D eigenvalue weighted by atomic mass is 10.0. The van der Waals surface area contributed by atoms with Gasteiger partial charge in [0.05, 0.1) is 6.61 Å². The van der Waals surface area contributed by atoms with E-state index in [4.69, 9.17) is 4.74 Å². The Morgan fingerprint density at radius 2 is 1.85 bits per heavy atom. The molecule has 0 aliphatic heterocycles. The van der Waals surface area contributed by atoms with Crippen LogP contribution in [0.4, 0.5) is 14.5 Å². The van der Waals surface area contributed by atoms with Crippen molar-refractivity contribution in [3.05, 3.63) is 82.7 Å². The van der Waals surface area contributed by atoms with E-state index in [1.54, 1.807) is 41.1 Å². The summed E-state index contributed by atoms with van der Waals surface area (Å²) in [5, 5.41) is 10.7. The van der Waals surface area contributed by atoms with Gasteiger partial charge in [-0.25, -0.2) is 8.78 Å². The number of hydrogen-bond donors (Lipinski definition) is 1. The fourth-order valence-electron chi connectivity index (χ4n) is 3.63. The van der Waals surface area contributed by atoms with Crippen LogP contribution < -0.4 is 15.6 Å². The molecule has 10 heteroatoms. The number of rotatable bonds is 8. The maximum absolute atomic E-state index is 13.3. The van der Waals surface area contributed by atoms with Crippen molar-refractivity contribution in [1.29, 1.82) is 0 Å². The Hall–Kier alpha value is -4.08. The molecule has 1 atom stereocenters. The van der Waals surface area contributed by atoms with E-state index >= 15 is 0 Å². The second kappa shape index (κ2) is 9.82. The molecule has 1 N–H and O–H groups in total. The fraction of sp³-hybridized carbons (Fsp3) is 0.250. The van der Waals surface area contributed by atoms with Crippen molar-refractivity contribution >= 4 is 17.2 Å². The Bertz CT molecular complexity index is 1380. The molecule has 0 spiro atoms. The van der Waals surface area contributed by atoms with Crippen LogP contribution >= 0.6 is 0 Å². The Balaban J connectivity index is 1.46. The van der Waals surface area contributed by atoms with Gasteiger partial charge in [0.25, 0.3) is 0 Å². The van der Waals surface area contributed by atoms with Gasteiger partial charge >= 0.3 is 5.56 Å². The quantitative estimate of drug-likeness (QED) is 0.426. The smallest absolute Gasteiger partial charge is 0.300 e. The number of hydrogen-bond acceptors (Lipinski definition) is 5. The van der Waals surface area contributed by atoms with Crippen LogP contribution in [-0.4, -0.2) is 31.7 Å². The molecule has 8 nitrogen and oxygen atoms in total. The van der Waals surface area contributed by atoms with E-state index in [2.05, 4.69) is 15.5 Å². The standard InChI is InChI=1S/C24H23F2N5O3/c1-3-34-18-7-5-17(6-8-18)30-10-11-31-21(28-29-23(31)24(30)33)12-15(2)13-22(32)27-16-4-9-19(25)20(26)14-16/h4-11,14-15H,3,12-13H2,1-2H3,(H,27,32)/t15-/m1/s1. The van der Waals surface area contributed by atoms with Gasteiger partial charge in [0.15, 0.2) is 11.6 Å². The van der Waals surface area contributed by atoms with E-state index in [0.29, 0.717) is 30.3 Å². The number of nitrogens with zero attached hydrogens (tertiary/aromatic N) is 4. The summed E-state index contributed by atoms with van der Waals surface area (Å²) in [6, 6.07) is 10.3. The number of aromatic nitrogens is 4. The molecule has 2 aromatic heterocycles. The molecule has 176 valence electrons. The van der Waals surface area contributed by atoms with E-state index in [1.165, 1.54) is 10.6 Å². The van der Waals surface area contributed by atoms with Gasteiger partial charge in [-0.3, -0.25) is 18.6 Å². The van der Waals surface area contributed by atoms with Gasteiger partial charge < -0.3 is 10.1 Å². The Kier molecular flexibility index (Phi) is 6.67. The van der Waals surface area contributed by atoms with Crippen molar-refractivity contribution in [3.8, 4) is 11.4 Å². The molecule has 0 radical (unpaired) electrons. The highest BCUT2D eigenvalue weighted by Gasteiger charge is 2.17. The average molecular weight is 467 g/mol. The van der Waals surface area contributed by atoms with Gasteiger partial charge in [0.2, 0.25) is 11.6 Å². The minimum Gasteiger partial charge on any atom is -0.494 e. The van der Waals surface area contributed by atoms with Gasteiger partial charge in [-0.1, -0.05) is 6.92 Å². The van der Waals surface area contributed by atoms with Crippen LogP contribution in [0, 0.1) is 17.6 Å². The lowest BCUT2D eigenvalue weighted by Gasteiger charge is -2.11. The summed E-state index contributed by atoms with van der Waals surface area (Å²) in [5.74, 6) is -1.24. The van der Waals surface area contributed by atoms with Crippen LogP contribution in [0.15, 0.2) is 59.7 Å². The second-order valence-electron chi connectivity index (χ2n) is 7.90. The minimum atomic E-state index is -1.03. The van der Waals surface area contributed by atoms with E-state index in [9.17, 15) is 18.4 Å². The van der Waals surface area contributed by atoms with Crippen molar-refractivity contribution in [2.75, 3.05) is 11.9 Å². The van der Waals surface area contributed by atoms with Gasteiger partial charge in [-0.2, -0.15) is 0 Å². The molecule has 0 fully saturated rings. The predicted molar refractivity (Wildman–Crippen MR) is 122 cm³/mol. The summed E-state index contributed by atoms with van der Waals surface area (Å²) in [6.07, 6.45) is 3.85. The highest BCUT2D eigenvalue weighted by atomic mass is 19.2. The topological polar surface area (TPSA) is 90.5 Å². The van der Waals surface area contributed by atoms with Crippen LogP contribution in [0.5, 0.6) is 5.75 Å². The molecule has 4 aromatic rings. The van der Waals surface area contributed by atoms with Crippen molar-refractivity contribution in [2.45, 2.75) is 26.7 Å². The van der Waals surface area contributed by atoms with Gasteiger partial charge in [0, 0.05) is 42.7 Å². The number of amides is 1. The normalized spacial score (nSPS) is 12.0. The third-order valence-electron chi connectivity index (χ3n) is 5.24. The zero-order valence-corrected chi connectivity index (χ0v) is 18.7. The second-order valence-corrected chi connectivity index (χ2v) is 7.90. The summed E-state index contributed by atoms with van der Waals surface area (Å²) in [7, 11) is 0. The molecular weight excluding hydrogens is 444 g/mol. The fourth-order valence-corrected chi connectivity index (χ4v) is 3.63. The zero-order valence-electron chi connectivity index (χ0n) is 18.7. The maximum atomic E-state index is 13.3. The summed E-state index contributed by atoms with van der Waals surface area (Å²) >= 11 is 0. The van der Waals surface area contributed by atoms with E-state index < -0.39 is 11.6 Å². The molecule has 0 saturated heterocycles. The monoisotopic (exact) mass is 467 g/mol. The molecule has 0 aliphatic carbocycles. The predicted octanol–water partition coefficient (Wildman–Crippen LogP) is 3.76. The summed E-state index contributed by atoms with van der Waals surface area (Å²) in [4.78, 5) is 25.3. The van der Waals surface area contributed by atoms with Crippen molar-refractivity contribution in [1.82, 2.24) is 19.2 Å². The number of nitrogens with one attached hydrogen (secondary N) is 1. The molecule has 0 unspecified atom stereocenters. The molecule has 0 aliphatic rings. The van der Waals surface area contributed by atoms with Crippen LogP contribution in [0.2, 0.25) is 0 Å². The lowest BCUT2D eigenvalue weighted by Crippen LogP contribution is -2.21. The number of halogens is 2. The summed E-state index contributed by atoms with van der Waals surface area (Å²) in [5.41, 5.74) is 0.695. The van der Waals surface area contributed by atoms with E-state index in [1.807, 2.05) is 13.8 Å². The number of carbonyl (C=O) groups is 1. The molecule has 0 bridgehead atoms. The number of benzene rings is 2. The van der Waals surface area contributed by atoms with Gasteiger partial charge in [0.1, 0.15) is 11.6 Å². The van der Waals surface area contributed by atoms with E-state index in [0.717, 1.165) is 12.1 Å². The van der Waals surface area contributed by atoms with Crippen LogP contribution in [-0.2, 0) is 11.2 Å². The van der Waals surface area contributed by atoms with Crippen LogP contribution in [0.3, 0.4) is 0 Å². The molecule has 2 heterocycles. The maximum Gasteiger partial charge on any atom is 0.300 e. The van der Waals surface area contributed by atoms with Gasteiger partial charge in [-0.15, -0.1) is 10.2 Å². The number of fused-ring (bicyclic) bond motifs is 1. The van der Waals surface area contributed by atoms with Crippen molar-refractivity contribution < 1.29 is 18.3 Å². The summed E-state index contributed by atoms with van der Waals surface area (Å²) < 4.78 is 34.9. The Labute approximate surface area is 193 Å². The highest BCUT2D eigenvalue weighted by molar-refractivity contribution is 5.90. The zero-order chi connectivity index (χ0) is 24.2. The molecular formula is C24H23F2N5O3. The highest BCUT2D eigenvalue weighted by Crippen LogP contribution is 2.17. The SMILES string of the molecule is CCOc1ccc(-n2ccn3c(C[C@@H](C)CC(=O)Nc4ccc(F)c(F)c4)nnc3c2=O)cc1. The number of carbonyl (C=O) groups excluding carboxylic acids is 1. The molecule has 34 heavy (non-hydrogen) atoms. The largest absolute Gasteiger partial charge is 0.494 e. The molecule has 1 amide bonds. The first-order valence-corrected chi connectivity index (χ1v) is 10.8. The van der Waals surface area contributed by atoms with Crippen molar-refractivity contribution in [2.24, 2.45) is 5.92 Å². The third kappa shape index (κ3) is 4.95. The van der Waals surface area contributed by atoms with E-state index in [-0.39, 0.29) is 35.1 Å². The first-order chi connectivity index (χ1) is 16.4. The molecule has 2 aromatic carbocycles. The minimum absolute atomic E-state index is 0.122. The summed E-state index contributed by atoms with van der Waals surface area (Å²) in [6.45, 7) is 4.31. The van der Waals surface area contributed by atoms with Gasteiger partial charge in [-0.05, 0) is 49.2 Å². The Morgan fingerprint density at radius 3 is 2.56 bits per heavy atom. The average Bonchev–Trinajstić information content (AvgIpc) is 3.21. The Morgan fingerprint density at radius 1 is 1.09 bits per heavy atom. The van der Waals surface area contributed by atoms with Crippen LogP contribution in [0.1, 0.15) is 26.1 Å². The first-order valence-electron chi connectivity index (χ1n) is 10.8. The van der Waals surface area contributed by atoms with Crippen molar-refractivity contribution in [3.63, 3.8) is 0 Å².